The summed E-state index contributed by atoms with van der Waals surface area (Å²) in [5.41, 5.74) is 3.46. The van der Waals surface area contributed by atoms with Gasteiger partial charge in [-0.25, -0.2) is 4.98 Å². The predicted octanol–water partition coefficient (Wildman–Crippen LogP) is 4.84. The van der Waals surface area contributed by atoms with Gasteiger partial charge in [0.25, 0.3) is 0 Å². The van der Waals surface area contributed by atoms with Gasteiger partial charge >= 0.3 is 0 Å². The van der Waals surface area contributed by atoms with E-state index in [1.165, 1.54) is 0 Å². The van der Waals surface area contributed by atoms with Crippen LogP contribution in [-0.4, -0.2) is 58.9 Å². The molecule has 0 saturated carbocycles. The fourth-order valence-corrected chi connectivity index (χ4v) is 4.08. The van der Waals surface area contributed by atoms with Gasteiger partial charge < -0.3 is 14.8 Å². The molecule has 6 heteroatoms. The Morgan fingerprint density at radius 2 is 1.65 bits per heavy atom. The van der Waals surface area contributed by atoms with E-state index in [2.05, 4.69) is 42.9 Å². The number of aromatic nitrogens is 2. The van der Waals surface area contributed by atoms with Crippen molar-refractivity contribution in [2.24, 2.45) is 0 Å². The number of aromatic amines is 1. The number of imidazole rings is 1. The van der Waals surface area contributed by atoms with E-state index in [4.69, 9.17) is 16.6 Å². The molecule has 0 bridgehead atoms. The van der Waals surface area contributed by atoms with Crippen molar-refractivity contribution in [3.05, 3.63) is 65.4 Å². The summed E-state index contributed by atoms with van der Waals surface area (Å²) in [4.78, 5) is 25.8. The molecule has 2 heterocycles. The molecule has 1 N–H and O–H groups in total. The Hall–Kier alpha value is -2.63. The molecule has 3 aromatic rings. The third kappa shape index (κ3) is 4.83. The standard InChI is InChI=1S/C25H29ClN4O/c1-25(2,17-21(31)30-15-13-29(3)14-16-30)24-27-22(18-7-5-4-6-8-18)23(28-24)19-9-11-20(26)12-10-19/h4-12H,13-17H2,1-3H3,(H,27,28). The van der Waals surface area contributed by atoms with Crippen LogP contribution in [-0.2, 0) is 10.2 Å². The first-order valence-corrected chi connectivity index (χ1v) is 11.1. The van der Waals surface area contributed by atoms with E-state index in [-0.39, 0.29) is 5.91 Å². The fourth-order valence-electron chi connectivity index (χ4n) is 3.95. The van der Waals surface area contributed by atoms with E-state index < -0.39 is 5.41 Å². The molecule has 1 fully saturated rings. The van der Waals surface area contributed by atoms with E-state index in [9.17, 15) is 4.79 Å². The van der Waals surface area contributed by atoms with Gasteiger partial charge in [0.2, 0.25) is 5.91 Å². The third-order valence-electron chi connectivity index (χ3n) is 5.97. The van der Waals surface area contributed by atoms with E-state index in [1.807, 2.05) is 47.4 Å². The van der Waals surface area contributed by atoms with Gasteiger partial charge in [-0.05, 0) is 19.2 Å². The molecule has 0 aliphatic carbocycles. The van der Waals surface area contributed by atoms with Crippen LogP contribution in [0.3, 0.4) is 0 Å². The first kappa shape index (κ1) is 21.6. The molecular formula is C25H29ClN4O. The molecule has 2 aromatic carbocycles. The number of hydrogen-bond donors (Lipinski definition) is 1. The molecule has 5 nitrogen and oxygen atoms in total. The van der Waals surface area contributed by atoms with E-state index in [1.54, 1.807) is 0 Å². The summed E-state index contributed by atoms with van der Waals surface area (Å²) < 4.78 is 0. The minimum absolute atomic E-state index is 0.184. The van der Waals surface area contributed by atoms with Gasteiger partial charge in [0, 0.05) is 54.2 Å². The number of nitrogens with one attached hydrogen (secondary N) is 1. The van der Waals surface area contributed by atoms with Crippen LogP contribution in [0.1, 0.15) is 26.1 Å². The normalized spacial score (nSPS) is 15.3. The van der Waals surface area contributed by atoms with Gasteiger partial charge in [-0.1, -0.05) is 67.9 Å². The number of benzene rings is 2. The second-order valence-corrected chi connectivity index (χ2v) is 9.36. The summed E-state index contributed by atoms with van der Waals surface area (Å²) in [6, 6.07) is 17.9. The number of carbonyl (C=O) groups excluding carboxylic acids is 1. The molecule has 0 atom stereocenters. The highest BCUT2D eigenvalue weighted by Gasteiger charge is 2.32. The highest BCUT2D eigenvalue weighted by molar-refractivity contribution is 6.30. The van der Waals surface area contributed by atoms with Gasteiger partial charge in [0.15, 0.2) is 0 Å². The van der Waals surface area contributed by atoms with Crippen molar-refractivity contribution in [1.29, 1.82) is 0 Å². The Bertz CT molecular complexity index is 1040. The summed E-state index contributed by atoms with van der Waals surface area (Å²) in [5, 5.41) is 0.693. The van der Waals surface area contributed by atoms with Crippen molar-refractivity contribution in [2.45, 2.75) is 25.7 Å². The molecule has 0 unspecified atom stereocenters. The Morgan fingerprint density at radius 1 is 1.00 bits per heavy atom. The van der Waals surface area contributed by atoms with E-state index in [0.29, 0.717) is 11.4 Å². The van der Waals surface area contributed by atoms with E-state index >= 15 is 0 Å². The average Bonchev–Trinajstić information content (AvgIpc) is 3.21. The van der Waals surface area contributed by atoms with E-state index in [0.717, 1.165) is 54.5 Å². The van der Waals surface area contributed by atoms with Crippen molar-refractivity contribution in [3.8, 4) is 22.5 Å². The van der Waals surface area contributed by atoms with Crippen LogP contribution >= 0.6 is 11.6 Å². The van der Waals surface area contributed by atoms with Crippen LogP contribution < -0.4 is 0 Å². The zero-order valence-corrected chi connectivity index (χ0v) is 19.1. The zero-order valence-electron chi connectivity index (χ0n) is 18.4. The zero-order chi connectivity index (χ0) is 22.0. The largest absolute Gasteiger partial charge is 0.341 e. The van der Waals surface area contributed by atoms with Crippen molar-refractivity contribution < 1.29 is 4.79 Å². The maximum atomic E-state index is 13.0. The maximum absolute atomic E-state index is 13.0. The topological polar surface area (TPSA) is 52.2 Å². The first-order chi connectivity index (χ1) is 14.8. The average molecular weight is 437 g/mol. The summed E-state index contributed by atoms with van der Waals surface area (Å²) in [5.74, 6) is 1.00. The summed E-state index contributed by atoms with van der Waals surface area (Å²) in [6.07, 6.45) is 0.415. The molecule has 1 saturated heterocycles. The summed E-state index contributed by atoms with van der Waals surface area (Å²) >= 11 is 6.10. The Balaban J connectivity index is 1.66. The third-order valence-corrected chi connectivity index (χ3v) is 6.23. The number of H-pyrrole nitrogens is 1. The van der Waals surface area contributed by atoms with Crippen LogP contribution in [0.4, 0.5) is 0 Å². The lowest BCUT2D eigenvalue weighted by molar-refractivity contribution is -0.134. The van der Waals surface area contributed by atoms with Crippen LogP contribution in [0, 0.1) is 0 Å². The molecule has 31 heavy (non-hydrogen) atoms. The molecular weight excluding hydrogens is 408 g/mol. The lowest BCUT2D eigenvalue weighted by atomic mass is 9.87. The predicted molar refractivity (Wildman–Crippen MR) is 126 cm³/mol. The fraction of sp³-hybridized carbons (Fsp3) is 0.360. The number of likely N-dealkylation sites (N-methyl/N-ethyl adjacent to an activating group) is 1. The highest BCUT2D eigenvalue weighted by atomic mass is 35.5. The number of carbonyl (C=O) groups is 1. The maximum Gasteiger partial charge on any atom is 0.223 e. The van der Waals surface area contributed by atoms with Gasteiger partial charge in [-0.2, -0.15) is 0 Å². The number of halogens is 1. The number of amides is 1. The summed E-state index contributed by atoms with van der Waals surface area (Å²) in [7, 11) is 2.10. The van der Waals surface area contributed by atoms with Crippen LogP contribution in [0.5, 0.6) is 0 Å². The monoisotopic (exact) mass is 436 g/mol. The molecule has 162 valence electrons. The lowest BCUT2D eigenvalue weighted by Gasteiger charge is -2.34. The molecule has 4 rings (SSSR count). The van der Waals surface area contributed by atoms with Crippen molar-refractivity contribution in [3.63, 3.8) is 0 Å². The number of nitrogens with zero attached hydrogens (tertiary/aromatic N) is 3. The Labute approximate surface area is 189 Å². The quantitative estimate of drug-likeness (QED) is 0.622. The second-order valence-electron chi connectivity index (χ2n) is 8.93. The molecule has 1 amide bonds. The van der Waals surface area contributed by atoms with Crippen LogP contribution in [0.15, 0.2) is 54.6 Å². The number of rotatable bonds is 5. The van der Waals surface area contributed by atoms with Crippen molar-refractivity contribution >= 4 is 17.5 Å². The van der Waals surface area contributed by atoms with Crippen molar-refractivity contribution in [2.75, 3.05) is 33.2 Å². The van der Waals surface area contributed by atoms with Crippen LogP contribution in [0.2, 0.25) is 5.02 Å². The van der Waals surface area contributed by atoms with Crippen LogP contribution in [0.25, 0.3) is 22.5 Å². The molecule has 1 aliphatic heterocycles. The Morgan fingerprint density at radius 3 is 2.29 bits per heavy atom. The number of hydrogen-bond acceptors (Lipinski definition) is 3. The Kier molecular flexibility index (Phi) is 6.17. The molecule has 0 spiro atoms. The van der Waals surface area contributed by atoms with Gasteiger partial charge in [0.05, 0.1) is 11.4 Å². The van der Waals surface area contributed by atoms with Gasteiger partial charge in [0.1, 0.15) is 5.82 Å². The molecule has 1 aliphatic rings. The second kappa shape index (κ2) is 8.85. The molecule has 0 radical (unpaired) electrons. The minimum atomic E-state index is -0.422. The molecule has 1 aromatic heterocycles. The number of piperazine rings is 1. The SMILES string of the molecule is CN1CCN(C(=O)CC(C)(C)c2nc(-c3ccc(Cl)cc3)c(-c3ccccc3)[nH]2)CC1. The smallest absolute Gasteiger partial charge is 0.223 e. The summed E-state index contributed by atoms with van der Waals surface area (Å²) in [6.45, 7) is 7.59. The van der Waals surface area contributed by atoms with Gasteiger partial charge in [-0.3, -0.25) is 4.79 Å². The van der Waals surface area contributed by atoms with Crippen molar-refractivity contribution in [1.82, 2.24) is 19.8 Å². The first-order valence-electron chi connectivity index (χ1n) is 10.7. The lowest BCUT2D eigenvalue weighted by Crippen LogP contribution is -2.48. The van der Waals surface area contributed by atoms with Gasteiger partial charge in [-0.15, -0.1) is 0 Å². The minimum Gasteiger partial charge on any atom is -0.341 e. The highest BCUT2D eigenvalue weighted by Crippen LogP contribution is 2.35.